The predicted molar refractivity (Wildman–Crippen MR) is 61.4 cm³/mol. The largest absolute Gasteiger partial charge is 0.353 e. The molecule has 2 aromatic heterocycles. The smallest absolute Gasteiger partial charge is 0.182 e. The van der Waals surface area contributed by atoms with E-state index in [2.05, 4.69) is 30.2 Å². The van der Waals surface area contributed by atoms with Gasteiger partial charge in [-0.25, -0.2) is 15.0 Å². The van der Waals surface area contributed by atoms with E-state index in [-0.39, 0.29) is 0 Å². The fourth-order valence-electron chi connectivity index (χ4n) is 2.18. The van der Waals surface area contributed by atoms with E-state index in [1.807, 2.05) is 7.05 Å². The molecule has 0 aromatic carbocycles. The highest BCUT2D eigenvalue weighted by atomic mass is 15.2. The normalized spacial score (nSPS) is 20.8. The molecular weight excluding hydrogens is 204 g/mol. The molecule has 0 amide bonds. The number of H-pyrrole nitrogens is 1. The molecule has 16 heavy (non-hydrogen) atoms. The SMILES string of the molecule is CNC1CCN(c2ncnc3nc[nH]c23)C1. The first kappa shape index (κ1) is 9.53. The van der Waals surface area contributed by atoms with E-state index in [9.17, 15) is 0 Å². The number of hydrogen-bond donors (Lipinski definition) is 2. The summed E-state index contributed by atoms with van der Waals surface area (Å²) in [5.74, 6) is 0.959. The van der Waals surface area contributed by atoms with Gasteiger partial charge in [-0.1, -0.05) is 0 Å². The number of imidazole rings is 1. The summed E-state index contributed by atoms with van der Waals surface area (Å²) in [5, 5.41) is 3.29. The van der Waals surface area contributed by atoms with Crippen LogP contribution in [0.2, 0.25) is 0 Å². The molecule has 6 nitrogen and oxygen atoms in total. The van der Waals surface area contributed by atoms with E-state index in [0.29, 0.717) is 6.04 Å². The quantitative estimate of drug-likeness (QED) is 0.751. The lowest BCUT2D eigenvalue weighted by atomic mass is 10.3. The molecule has 0 spiro atoms. The molecule has 1 atom stereocenters. The average molecular weight is 218 g/mol. The topological polar surface area (TPSA) is 69.7 Å². The molecule has 1 aliphatic heterocycles. The Morgan fingerprint density at radius 3 is 3.19 bits per heavy atom. The van der Waals surface area contributed by atoms with E-state index in [1.165, 1.54) is 0 Å². The number of nitrogens with one attached hydrogen (secondary N) is 2. The zero-order valence-electron chi connectivity index (χ0n) is 9.14. The van der Waals surface area contributed by atoms with Crippen LogP contribution >= 0.6 is 0 Å². The maximum atomic E-state index is 4.35. The molecule has 3 heterocycles. The summed E-state index contributed by atoms with van der Waals surface area (Å²) in [7, 11) is 2.00. The summed E-state index contributed by atoms with van der Waals surface area (Å²) in [6.07, 6.45) is 4.38. The first-order chi connectivity index (χ1) is 7.88. The van der Waals surface area contributed by atoms with Crippen LogP contribution in [0.3, 0.4) is 0 Å². The van der Waals surface area contributed by atoms with Gasteiger partial charge in [-0.3, -0.25) is 0 Å². The number of nitrogens with zero attached hydrogens (tertiary/aromatic N) is 4. The maximum absolute atomic E-state index is 4.35. The highest BCUT2D eigenvalue weighted by Gasteiger charge is 2.23. The van der Waals surface area contributed by atoms with Crippen LogP contribution in [0.5, 0.6) is 0 Å². The molecule has 2 aromatic rings. The lowest BCUT2D eigenvalue weighted by molar-refractivity contribution is 0.616. The van der Waals surface area contributed by atoms with Crippen molar-refractivity contribution < 1.29 is 0 Å². The van der Waals surface area contributed by atoms with Crippen molar-refractivity contribution in [3.8, 4) is 0 Å². The van der Waals surface area contributed by atoms with Crippen molar-refractivity contribution in [3.05, 3.63) is 12.7 Å². The lowest BCUT2D eigenvalue weighted by Crippen LogP contribution is -2.30. The summed E-state index contributed by atoms with van der Waals surface area (Å²) in [4.78, 5) is 18.0. The Morgan fingerprint density at radius 1 is 1.44 bits per heavy atom. The second kappa shape index (κ2) is 3.71. The monoisotopic (exact) mass is 218 g/mol. The minimum Gasteiger partial charge on any atom is -0.353 e. The molecule has 2 N–H and O–H groups in total. The molecule has 1 unspecified atom stereocenters. The van der Waals surface area contributed by atoms with Gasteiger partial charge < -0.3 is 15.2 Å². The highest BCUT2D eigenvalue weighted by molar-refractivity contribution is 5.82. The van der Waals surface area contributed by atoms with Gasteiger partial charge in [0.25, 0.3) is 0 Å². The summed E-state index contributed by atoms with van der Waals surface area (Å²) in [6, 6.07) is 0.549. The fourth-order valence-corrected chi connectivity index (χ4v) is 2.18. The second-order valence-electron chi connectivity index (χ2n) is 4.02. The number of aromatic amines is 1. The van der Waals surface area contributed by atoms with Gasteiger partial charge in [0.05, 0.1) is 6.33 Å². The van der Waals surface area contributed by atoms with Crippen molar-refractivity contribution in [2.24, 2.45) is 0 Å². The third-order valence-electron chi connectivity index (χ3n) is 3.10. The fraction of sp³-hybridized carbons (Fsp3) is 0.500. The van der Waals surface area contributed by atoms with Gasteiger partial charge >= 0.3 is 0 Å². The van der Waals surface area contributed by atoms with Crippen molar-refractivity contribution in [2.45, 2.75) is 12.5 Å². The second-order valence-corrected chi connectivity index (χ2v) is 4.02. The predicted octanol–water partition coefficient (Wildman–Crippen LogP) is 0.151. The minimum atomic E-state index is 0.549. The van der Waals surface area contributed by atoms with Gasteiger partial charge in [-0.05, 0) is 13.5 Å². The first-order valence-electron chi connectivity index (χ1n) is 5.45. The molecule has 0 saturated carbocycles. The van der Waals surface area contributed by atoms with Gasteiger partial charge in [0.1, 0.15) is 11.8 Å². The van der Waals surface area contributed by atoms with Crippen molar-refractivity contribution in [2.75, 3.05) is 25.0 Å². The number of rotatable bonds is 2. The number of likely N-dealkylation sites (N-methyl/N-ethyl adjacent to an activating group) is 1. The molecule has 0 radical (unpaired) electrons. The zero-order valence-corrected chi connectivity index (χ0v) is 9.14. The van der Waals surface area contributed by atoms with Crippen molar-refractivity contribution >= 4 is 17.0 Å². The molecule has 84 valence electrons. The van der Waals surface area contributed by atoms with Crippen LogP contribution in [0.1, 0.15) is 6.42 Å². The van der Waals surface area contributed by atoms with E-state index >= 15 is 0 Å². The van der Waals surface area contributed by atoms with Crippen LogP contribution in [-0.4, -0.2) is 46.1 Å². The van der Waals surface area contributed by atoms with Crippen molar-refractivity contribution in [1.29, 1.82) is 0 Å². The van der Waals surface area contributed by atoms with Gasteiger partial charge in [-0.15, -0.1) is 0 Å². The van der Waals surface area contributed by atoms with Gasteiger partial charge in [0.15, 0.2) is 11.5 Å². The van der Waals surface area contributed by atoms with Crippen LogP contribution in [0.25, 0.3) is 11.2 Å². The van der Waals surface area contributed by atoms with Crippen LogP contribution < -0.4 is 10.2 Å². The Labute approximate surface area is 93.1 Å². The number of hydrogen-bond acceptors (Lipinski definition) is 5. The molecule has 0 aliphatic carbocycles. The van der Waals surface area contributed by atoms with Crippen LogP contribution in [0, 0.1) is 0 Å². The summed E-state index contributed by atoms with van der Waals surface area (Å²) in [5.41, 5.74) is 1.66. The van der Waals surface area contributed by atoms with Crippen molar-refractivity contribution in [3.63, 3.8) is 0 Å². The summed E-state index contributed by atoms with van der Waals surface area (Å²) in [6.45, 7) is 2.01. The molecule has 6 heteroatoms. The van der Waals surface area contributed by atoms with Crippen LogP contribution in [0.4, 0.5) is 5.82 Å². The highest BCUT2D eigenvalue weighted by Crippen LogP contribution is 2.23. The molecular formula is C10H14N6. The van der Waals surface area contributed by atoms with Crippen LogP contribution in [-0.2, 0) is 0 Å². The molecule has 1 aliphatic rings. The Hall–Kier alpha value is -1.69. The molecule has 0 bridgehead atoms. The Morgan fingerprint density at radius 2 is 2.38 bits per heavy atom. The average Bonchev–Trinajstić information content (AvgIpc) is 2.97. The standard InChI is InChI=1S/C10H14N6/c1-11-7-2-3-16(4-7)10-8-9(13-5-12-8)14-6-15-10/h5-7,11H,2-4H2,1H3,(H,12,13,14,15). The van der Waals surface area contributed by atoms with Gasteiger partial charge in [0, 0.05) is 19.1 Å². The Kier molecular flexibility index (Phi) is 2.21. The Balaban J connectivity index is 1.97. The zero-order chi connectivity index (χ0) is 11.0. The first-order valence-corrected chi connectivity index (χ1v) is 5.45. The summed E-state index contributed by atoms with van der Waals surface area (Å²) >= 11 is 0. The number of anilines is 1. The van der Waals surface area contributed by atoms with E-state index < -0.39 is 0 Å². The third kappa shape index (κ3) is 1.42. The van der Waals surface area contributed by atoms with Gasteiger partial charge in [-0.2, -0.15) is 0 Å². The number of aromatic nitrogens is 4. The Bertz CT molecular complexity index is 493. The van der Waals surface area contributed by atoms with Crippen molar-refractivity contribution in [1.82, 2.24) is 25.3 Å². The van der Waals surface area contributed by atoms with E-state index in [0.717, 1.165) is 36.5 Å². The van der Waals surface area contributed by atoms with E-state index in [4.69, 9.17) is 0 Å². The van der Waals surface area contributed by atoms with E-state index in [1.54, 1.807) is 12.7 Å². The molecule has 1 fully saturated rings. The maximum Gasteiger partial charge on any atom is 0.182 e. The molecule has 3 rings (SSSR count). The number of fused-ring (bicyclic) bond motifs is 1. The van der Waals surface area contributed by atoms with Gasteiger partial charge in [0.2, 0.25) is 0 Å². The third-order valence-corrected chi connectivity index (χ3v) is 3.10. The summed E-state index contributed by atoms with van der Waals surface area (Å²) < 4.78 is 0. The molecule has 1 saturated heterocycles. The lowest BCUT2D eigenvalue weighted by Gasteiger charge is -2.17. The van der Waals surface area contributed by atoms with Crippen LogP contribution in [0.15, 0.2) is 12.7 Å². The minimum absolute atomic E-state index is 0.549.